The van der Waals surface area contributed by atoms with Crippen molar-refractivity contribution in [1.82, 2.24) is 4.90 Å². The van der Waals surface area contributed by atoms with E-state index in [9.17, 15) is 13.2 Å². The molecule has 1 unspecified atom stereocenters. The number of nitrogens with zero attached hydrogens (tertiary/aromatic N) is 1. The number of ether oxygens (including phenoxy) is 1. The van der Waals surface area contributed by atoms with Crippen molar-refractivity contribution < 1.29 is 17.9 Å². The van der Waals surface area contributed by atoms with Crippen molar-refractivity contribution in [2.75, 3.05) is 18.8 Å². The highest BCUT2D eigenvalue weighted by Crippen LogP contribution is 2.39. The Bertz CT molecular complexity index is 460. The SMILES string of the molecule is CC(C)(C)OC(=O)N1CC2(C1)C(N)CCS2(=O)=O. The van der Waals surface area contributed by atoms with Gasteiger partial charge in [0.25, 0.3) is 0 Å². The fourth-order valence-electron chi connectivity index (χ4n) is 2.47. The molecule has 18 heavy (non-hydrogen) atoms. The predicted octanol–water partition coefficient (Wildman–Crippen LogP) is 0.122. The van der Waals surface area contributed by atoms with E-state index < -0.39 is 26.3 Å². The second-order valence-electron chi connectivity index (χ2n) is 6.12. The van der Waals surface area contributed by atoms with Crippen molar-refractivity contribution in [3.63, 3.8) is 0 Å². The Morgan fingerprint density at radius 1 is 1.39 bits per heavy atom. The van der Waals surface area contributed by atoms with Crippen LogP contribution in [0.1, 0.15) is 27.2 Å². The molecule has 0 aromatic heterocycles. The fraction of sp³-hybridized carbons (Fsp3) is 0.909. The summed E-state index contributed by atoms with van der Waals surface area (Å²) in [7, 11) is -3.18. The van der Waals surface area contributed by atoms with E-state index in [0.29, 0.717) is 6.42 Å². The molecule has 2 fully saturated rings. The van der Waals surface area contributed by atoms with E-state index in [2.05, 4.69) is 0 Å². The van der Waals surface area contributed by atoms with Crippen molar-refractivity contribution >= 4 is 15.9 Å². The van der Waals surface area contributed by atoms with E-state index in [4.69, 9.17) is 10.5 Å². The van der Waals surface area contributed by atoms with E-state index in [-0.39, 0.29) is 24.9 Å². The number of carbonyl (C=O) groups is 1. The number of rotatable bonds is 0. The third-order valence-corrected chi connectivity index (χ3v) is 6.13. The van der Waals surface area contributed by atoms with Gasteiger partial charge in [0, 0.05) is 19.1 Å². The lowest BCUT2D eigenvalue weighted by Crippen LogP contribution is -2.71. The first kappa shape index (κ1) is 13.6. The van der Waals surface area contributed by atoms with Crippen LogP contribution in [-0.2, 0) is 14.6 Å². The molecule has 1 atom stereocenters. The molecule has 2 aliphatic heterocycles. The molecule has 2 saturated heterocycles. The summed E-state index contributed by atoms with van der Waals surface area (Å²) >= 11 is 0. The standard InChI is InChI=1S/C11H20N2O4S/c1-10(2,3)17-9(14)13-6-11(7-13)8(12)4-5-18(11,15)16/h8H,4-7,12H2,1-3H3. The fourth-order valence-corrected chi connectivity index (χ4v) is 4.72. The number of hydrogen-bond donors (Lipinski definition) is 1. The molecular formula is C11H20N2O4S. The molecule has 1 amide bonds. The van der Waals surface area contributed by atoms with Crippen LogP contribution in [0.4, 0.5) is 4.79 Å². The maximum absolute atomic E-state index is 12.0. The van der Waals surface area contributed by atoms with Gasteiger partial charge in [-0.3, -0.25) is 0 Å². The predicted molar refractivity (Wildman–Crippen MR) is 66.9 cm³/mol. The van der Waals surface area contributed by atoms with E-state index in [0.717, 1.165) is 0 Å². The van der Waals surface area contributed by atoms with Crippen LogP contribution in [0.5, 0.6) is 0 Å². The van der Waals surface area contributed by atoms with Crippen molar-refractivity contribution in [3.05, 3.63) is 0 Å². The first-order valence-corrected chi connectivity index (χ1v) is 7.68. The molecule has 1 spiro atoms. The minimum atomic E-state index is -3.18. The lowest BCUT2D eigenvalue weighted by atomic mass is 9.90. The Balaban J connectivity index is 2.04. The smallest absolute Gasteiger partial charge is 0.410 e. The number of sulfone groups is 1. The zero-order chi connectivity index (χ0) is 13.8. The average Bonchev–Trinajstić information content (AvgIpc) is 2.31. The van der Waals surface area contributed by atoms with Crippen molar-refractivity contribution in [3.8, 4) is 0 Å². The van der Waals surface area contributed by atoms with Crippen LogP contribution in [0, 0.1) is 0 Å². The molecular weight excluding hydrogens is 256 g/mol. The zero-order valence-corrected chi connectivity index (χ0v) is 11.8. The van der Waals surface area contributed by atoms with Gasteiger partial charge in [0.05, 0.1) is 5.75 Å². The normalized spacial score (nSPS) is 29.1. The number of nitrogens with two attached hydrogens (primary N) is 1. The van der Waals surface area contributed by atoms with Gasteiger partial charge in [0.1, 0.15) is 10.3 Å². The Labute approximate surface area is 107 Å². The number of carbonyl (C=O) groups excluding carboxylic acids is 1. The molecule has 0 aliphatic carbocycles. The van der Waals surface area contributed by atoms with Gasteiger partial charge >= 0.3 is 6.09 Å². The van der Waals surface area contributed by atoms with Gasteiger partial charge in [-0.15, -0.1) is 0 Å². The summed E-state index contributed by atoms with van der Waals surface area (Å²) in [5.74, 6) is 0.121. The molecule has 2 N–H and O–H groups in total. The largest absolute Gasteiger partial charge is 0.444 e. The number of likely N-dealkylation sites (tertiary alicyclic amines) is 1. The molecule has 2 rings (SSSR count). The first-order chi connectivity index (χ1) is 8.07. The van der Waals surface area contributed by atoms with Crippen molar-refractivity contribution in [1.29, 1.82) is 0 Å². The lowest BCUT2D eigenvalue weighted by Gasteiger charge is -2.48. The summed E-state index contributed by atoms with van der Waals surface area (Å²) in [5, 5.41) is 0. The maximum Gasteiger partial charge on any atom is 0.410 e. The molecule has 0 aromatic carbocycles. The van der Waals surface area contributed by atoms with Gasteiger partial charge in [-0.2, -0.15) is 0 Å². The average molecular weight is 276 g/mol. The molecule has 7 heteroatoms. The van der Waals surface area contributed by atoms with Crippen molar-refractivity contribution in [2.24, 2.45) is 5.73 Å². The maximum atomic E-state index is 12.0. The zero-order valence-electron chi connectivity index (χ0n) is 11.0. The van der Waals surface area contributed by atoms with Crippen LogP contribution in [-0.4, -0.2) is 54.6 Å². The summed E-state index contributed by atoms with van der Waals surface area (Å²) in [6.07, 6.45) is 0.00670. The third kappa shape index (κ3) is 1.99. The Morgan fingerprint density at radius 2 is 1.94 bits per heavy atom. The Kier molecular flexibility index (Phi) is 2.90. The van der Waals surface area contributed by atoms with Crippen LogP contribution >= 0.6 is 0 Å². The summed E-state index contributed by atoms with van der Waals surface area (Å²) in [5.41, 5.74) is 5.31. The minimum absolute atomic E-state index is 0.121. The summed E-state index contributed by atoms with van der Waals surface area (Å²) < 4.78 is 28.2. The van der Waals surface area contributed by atoms with E-state index in [1.807, 2.05) is 0 Å². The van der Waals surface area contributed by atoms with Crippen LogP contribution in [0.3, 0.4) is 0 Å². The summed E-state index contributed by atoms with van der Waals surface area (Å²) in [6.45, 7) is 5.65. The summed E-state index contributed by atoms with van der Waals surface area (Å²) in [6, 6.07) is -0.374. The van der Waals surface area contributed by atoms with Gasteiger partial charge in [-0.05, 0) is 27.2 Å². The molecule has 6 nitrogen and oxygen atoms in total. The molecule has 0 radical (unpaired) electrons. The van der Waals surface area contributed by atoms with Gasteiger partial charge in [-0.25, -0.2) is 13.2 Å². The van der Waals surface area contributed by atoms with Crippen LogP contribution in [0.25, 0.3) is 0 Å². The highest BCUT2D eigenvalue weighted by Gasteiger charge is 2.62. The van der Waals surface area contributed by atoms with E-state index in [1.54, 1.807) is 20.8 Å². The number of amides is 1. The van der Waals surface area contributed by atoms with Crippen molar-refractivity contribution in [2.45, 2.75) is 43.6 Å². The quantitative estimate of drug-likeness (QED) is 0.679. The second-order valence-corrected chi connectivity index (χ2v) is 8.57. The minimum Gasteiger partial charge on any atom is -0.444 e. The molecule has 0 bridgehead atoms. The Hall–Kier alpha value is -0.820. The Morgan fingerprint density at radius 3 is 2.33 bits per heavy atom. The van der Waals surface area contributed by atoms with Crippen LogP contribution < -0.4 is 5.73 Å². The lowest BCUT2D eigenvalue weighted by molar-refractivity contribution is 0.00179. The molecule has 2 aliphatic rings. The summed E-state index contributed by atoms with van der Waals surface area (Å²) in [4.78, 5) is 13.2. The van der Waals surface area contributed by atoms with E-state index in [1.165, 1.54) is 4.90 Å². The number of hydrogen-bond acceptors (Lipinski definition) is 5. The van der Waals surface area contributed by atoms with Gasteiger partial charge in [0.15, 0.2) is 9.84 Å². The first-order valence-electron chi connectivity index (χ1n) is 6.03. The van der Waals surface area contributed by atoms with Gasteiger partial charge in [-0.1, -0.05) is 0 Å². The molecule has 2 heterocycles. The molecule has 0 aromatic rings. The van der Waals surface area contributed by atoms with E-state index >= 15 is 0 Å². The van der Waals surface area contributed by atoms with Gasteiger partial charge < -0.3 is 15.4 Å². The van der Waals surface area contributed by atoms with Gasteiger partial charge in [0.2, 0.25) is 0 Å². The molecule has 0 saturated carbocycles. The highest BCUT2D eigenvalue weighted by molar-refractivity contribution is 7.93. The van der Waals surface area contributed by atoms with Crippen LogP contribution in [0.15, 0.2) is 0 Å². The second kappa shape index (κ2) is 3.84. The third-order valence-electron chi connectivity index (χ3n) is 3.56. The monoisotopic (exact) mass is 276 g/mol. The van der Waals surface area contributed by atoms with Crippen LogP contribution in [0.2, 0.25) is 0 Å². The topological polar surface area (TPSA) is 89.7 Å². The molecule has 104 valence electrons. The highest BCUT2D eigenvalue weighted by atomic mass is 32.2.